The second-order valence-corrected chi connectivity index (χ2v) is 7.27. The van der Waals surface area contributed by atoms with Crippen molar-refractivity contribution in [2.75, 3.05) is 14.2 Å². The largest absolute Gasteiger partial charge is 0.489 e. The molecule has 3 aromatic carbocycles. The van der Waals surface area contributed by atoms with E-state index in [-0.39, 0.29) is 0 Å². The lowest BCUT2D eigenvalue weighted by molar-refractivity contribution is 0.213. The van der Waals surface area contributed by atoms with Crippen molar-refractivity contribution < 1.29 is 19.1 Å². The van der Waals surface area contributed by atoms with Gasteiger partial charge in [-0.05, 0) is 72.6 Å². The van der Waals surface area contributed by atoms with Crippen LogP contribution in [0.15, 0.2) is 77.0 Å². The summed E-state index contributed by atoms with van der Waals surface area (Å²) < 4.78 is 11.9. The number of hydrogen-bond donors (Lipinski definition) is 2. The van der Waals surface area contributed by atoms with Gasteiger partial charge in [0.1, 0.15) is 38.9 Å². The Kier molecular flexibility index (Phi) is 8.13. The topological polar surface area (TPSA) is 114 Å². The maximum Gasteiger partial charge on any atom is 0.170 e. The van der Waals surface area contributed by atoms with Crippen LogP contribution in [-0.4, -0.2) is 25.9 Å². The Morgan fingerprint density at radius 1 is 0.667 bits per heavy atom. The fourth-order valence-electron chi connectivity index (χ4n) is 3.19. The average molecular weight is 449 g/mol. The molecule has 0 unspecified atom stereocenters. The van der Waals surface area contributed by atoms with E-state index in [1.807, 2.05) is 55.5 Å². The van der Waals surface area contributed by atoms with Gasteiger partial charge in [0.25, 0.3) is 0 Å². The van der Waals surface area contributed by atoms with Gasteiger partial charge in [-0.3, -0.25) is 0 Å². The van der Waals surface area contributed by atoms with E-state index in [1.54, 1.807) is 0 Å². The molecule has 8 nitrogen and oxygen atoms in total. The highest BCUT2D eigenvalue weighted by Crippen LogP contribution is 2.18. The van der Waals surface area contributed by atoms with Gasteiger partial charge in [0.05, 0.1) is 0 Å². The summed E-state index contributed by atoms with van der Waals surface area (Å²) in [6.07, 6.45) is 0. The summed E-state index contributed by atoms with van der Waals surface area (Å²) in [6.45, 7) is 2.91. The van der Waals surface area contributed by atoms with Crippen molar-refractivity contribution in [3.05, 3.63) is 94.5 Å². The number of benzene rings is 3. The van der Waals surface area contributed by atoms with Crippen LogP contribution in [0.3, 0.4) is 0 Å². The lowest BCUT2D eigenvalue weighted by Gasteiger charge is -2.11. The number of ether oxygens (including phenoxy) is 2. The fraction of sp³-hybridized carbons (Fsp3) is 0.200. The number of rotatable bonds is 10. The Hall–Kier alpha value is -4.20. The highest BCUT2D eigenvalue weighted by molar-refractivity contribution is 5.97. The molecule has 0 aromatic heterocycles. The first-order valence-electron chi connectivity index (χ1n) is 10.3. The number of nitrogens with two attached hydrogens (primary N) is 2. The van der Waals surface area contributed by atoms with Crippen LogP contribution in [0, 0.1) is 6.92 Å². The lowest BCUT2D eigenvalue weighted by atomic mass is 10.1. The molecule has 0 amide bonds. The van der Waals surface area contributed by atoms with Gasteiger partial charge in [0, 0.05) is 11.1 Å². The van der Waals surface area contributed by atoms with Crippen LogP contribution in [-0.2, 0) is 22.9 Å². The third kappa shape index (κ3) is 6.90. The van der Waals surface area contributed by atoms with Crippen molar-refractivity contribution in [1.82, 2.24) is 0 Å². The molecule has 3 rings (SSSR count). The summed E-state index contributed by atoms with van der Waals surface area (Å²) in [4.78, 5) is 9.39. The predicted molar refractivity (Wildman–Crippen MR) is 128 cm³/mol. The van der Waals surface area contributed by atoms with Crippen LogP contribution >= 0.6 is 0 Å². The monoisotopic (exact) mass is 448 g/mol. The first-order valence-corrected chi connectivity index (χ1v) is 10.3. The van der Waals surface area contributed by atoms with Gasteiger partial charge in [-0.2, -0.15) is 0 Å². The van der Waals surface area contributed by atoms with Crippen LogP contribution in [0.4, 0.5) is 0 Å². The molecule has 0 saturated heterocycles. The Balaban J connectivity index is 1.59. The number of aryl methyl sites for hydroxylation is 1. The second-order valence-electron chi connectivity index (χ2n) is 7.27. The second kappa shape index (κ2) is 11.4. The molecule has 0 spiro atoms. The van der Waals surface area contributed by atoms with E-state index in [4.69, 9.17) is 30.6 Å². The predicted octanol–water partition coefficient (Wildman–Crippen LogP) is 3.69. The molecule has 33 heavy (non-hydrogen) atoms. The molecule has 0 saturated carbocycles. The fourth-order valence-corrected chi connectivity index (χ4v) is 3.19. The molecule has 0 heterocycles. The van der Waals surface area contributed by atoms with E-state index in [2.05, 4.69) is 28.5 Å². The molecule has 0 fully saturated rings. The van der Waals surface area contributed by atoms with Crippen LogP contribution in [0.2, 0.25) is 0 Å². The molecule has 8 heteroatoms. The van der Waals surface area contributed by atoms with Crippen LogP contribution in [0.5, 0.6) is 11.5 Å². The maximum absolute atomic E-state index is 5.93. The smallest absolute Gasteiger partial charge is 0.170 e. The third-order valence-electron chi connectivity index (χ3n) is 4.69. The molecule has 0 aliphatic heterocycles. The van der Waals surface area contributed by atoms with Gasteiger partial charge < -0.3 is 30.6 Å². The van der Waals surface area contributed by atoms with Crippen molar-refractivity contribution in [2.24, 2.45) is 21.8 Å². The molecule has 0 radical (unpaired) electrons. The minimum absolute atomic E-state index is 0.314. The van der Waals surface area contributed by atoms with Gasteiger partial charge >= 0.3 is 0 Å². The molecule has 4 N–H and O–H groups in total. The zero-order valence-electron chi connectivity index (χ0n) is 18.9. The first-order chi connectivity index (χ1) is 16.0. The van der Waals surface area contributed by atoms with Gasteiger partial charge in [0.2, 0.25) is 0 Å². The number of amidine groups is 2. The molecule has 172 valence electrons. The van der Waals surface area contributed by atoms with Crippen molar-refractivity contribution in [2.45, 2.75) is 20.1 Å². The lowest BCUT2D eigenvalue weighted by Crippen LogP contribution is -2.13. The summed E-state index contributed by atoms with van der Waals surface area (Å²) in [7, 11) is 2.91. The zero-order chi connectivity index (χ0) is 23.6. The minimum atomic E-state index is 0.314. The quantitative estimate of drug-likeness (QED) is 0.278. The Labute approximate surface area is 193 Å². The van der Waals surface area contributed by atoms with Crippen molar-refractivity contribution in [1.29, 1.82) is 0 Å². The third-order valence-corrected chi connectivity index (χ3v) is 4.69. The Morgan fingerprint density at radius 2 is 1.06 bits per heavy atom. The van der Waals surface area contributed by atoms with E-state index in [0.717, 1.165) is 39.3 Å². The van der Waals surface area contributed by atoms with Crippen LogP contribution < -0.4 is 20.9 Å². The Bertz CT molecular complexity index is 1020. The first kappa shape index (κ1) is 23.5. The summed E-state index contributed by atoms with van der Waals surface area (Å²) in [5.74, 6) is 2.10. The maximum atomic E-state index is 5.93. The van der Waals surface area contributed by atoms with Gasteiger partial charge in [-0.1, -0.05) is 28.0 Å². The number of nitrogens with zero attached hydrogens (tertiary/aromatic N) is 2. The summed E-state index contributed by atoms with van der Waals surface area (Å²) >= 11 is 0. The molecule has 0 atom stereocenters. The molecule has 0 aliphatic carbocycles. The summed E-state index contributed by atoms with van der Waals surface area (Å²) in [6, 6.07) is 21.0. The van der Waals surface area contributed by atoms with Gasteiger partial charge in [0.15, 0.2) is 11.7 Å². The highest BCUT2D eigenvalue weighted by atomic mass is 16.6. The van der Waals surface area contributed by atoms with E-state index >= 15 is 0 Å². The summed E-state index contributed by atoms with van der Waals surface area (Å²) in [5.41, 5.74) is 16.4. The Morgan fingerprint density at radius 3 is 1.42 bits per heavy atom. The van der Waals surface area contributed by atoms with Gasteiger partial charge in [-0.15, -0.1) is 0 Å². The zero-order valence-corrected chi connectivity index (χ0v) is 18.9. The number of hydrogen-bond acceptors (Lipinski definition) is 6. The van der Waals surface area contributed by atoms with Crippen LogP contribution in [0.1, 0.15) is 27.8 Å². The highest BCUT2D eigenvalue weighted by Gasteiger charge is 2.05. The van der Waals surface area contributed by atoms with Gasteiger partial charge in [-0.25, -0.2) is 0 Å². The van der Waals surface area contributed by atoms with Crippen molar-refractivity contribution >= 4 is 11.7 Å². The average Bonchev–Trinajstić information content (AvgIpc) is 2.82. The molecule has 3 aromatic rings. The molecule has 0 bridgehead atoms. The number of oxime groups is 2. The SMILES string of the molecule is CO/N=C(\N)c1ccc(OCc2cc(C)cc(COc3ccc(/C(N)=N/OC)cc3)c2)cc1. The summed E-state index contributed by atoms with van der Waals surface area (Å²) in [5, 5.41) is 7.44. The van der Waals surface area contributed by atoms with E-state index < -0.39 is 0 Å². The van der Waals surface area contributed by atoms with Crippen molar-refractivity contribution in [3.8, 4) is 11.5 Å². The minimum Gasteiger partial charge on any atom is -0.489 e. The van der Waals surface area contributed by atoms with E-state index in [1.165, 1.54) is 14.2 Å². The van der Waals surface area contributed by atoms with E-state index in [9.17, 15) is 0 Å². The molecule has 0 aliphatic rings. The van der Waals surface area contributed by atoms with E-state index in [0.29, 0.717) is 24.9 Å². The van der Waals surface area contributed by atoms with Crippen LogP contribution in [0.25, 0.3) is 0 Å². The molecular weight excluding hydrogens is 420 g/mol. The normalized spacial score (nSPS) is 11.7. The standard InChI is InChI=1S/C25H28N4O4/c1-17-12-18(15-32-22-8-4-20(5-9-22)24(26)28-30-2)14-19(13-17)16-33-23-10-6-21(7-11-23)25(27)29-31-3/h4-14H,15-16H2,1-3H3,(H2,26,28)(H2,27,29). The van der Waals surface area contributed by atoms with Crippen molar-refractivity contribution in [3.63, 3.8) is 0 Å². The molecular formula is C25H28N4O4.